The molecule has 0 saturated heterocycles. The third-order valence-corrected chi connectivity index (χ3v) is 7.87. The van der Waals surface area contributed by atoms with Crippen molar-refractivity contribution in [2.45, 2.75) is 46.0 Å². The third-order valence-electron chi connectivity index (χ3n) is 7.87. The van der Waals surface area contributed by atoms with Crippen LogP contribution in [0.5, 0.6) is 0 Å². The van der Waals surface area contributed by atoms with Gasteiger partial charge in [-0.15, -0.1) is 0 Å². The average molecular weight is 535 g/mol. The summed E-state index contributed by atoms with van der Waals surface area (Å²) in [6.45, 7) is 5.35. The number of ether oxygens (including phenoxy) is 2. The van der Waals surface area contributed by atoms with Gasteiger partial charge < -0.3 is 14.5 Å². The van der Waals surface area contributed by atoms with Crippen molar-refractivity contribution in [1.82, 2.24) is 15.2 Å². The van der Waals surface area contributed by atoms with Gasteiger partial charge in [0.05, 0.1) is 18.4 Å². The molecule has 5 aromatic rings. The van der Waals surface area contributed by atoms with E-state index in [0.29, 0.717) is 6.61 Å². The number of aromatic nitrogens is 3. The summed E-state index contributed by atoms with van der Waals surface area (Å²) in [7, 11) is 1.72. The minimum atomic E-state index is -0.402. The zero-order valence-corrected chi connectivity index (χ0v) is 23.1. The molecule has 3 aromatic carbocycles. The Morgan fingerprint density at radius 2 is 1.68 bits per heavy atom. The smallest absolute Gasteiger partial charge is 0.414 e. The highest BCUT2D eigenvalue weighted by molar-refractivity contribution is 5.93. The molecule has 1 aliphatic rings. The maximum atomic E-state index is 12.7. The molecule has 0 spiro atoms. The fourth-order valence-corrected chi connectivity index (χ4v) is 5.45. The van der Waals surface area contributed by atoms with Crippen LogP contribution in [0.3, 0.4) is 0 Å². The van der Waals surface area contributed by atoms with Gasteiger partial charge in [0, 0.05) is 41.3 Å². The Labute approximate surface area is 234 Å². The number of hydrogen-bond acceptors (Lipinski definition) is 4. The van der Waals surface area contributed by atoms with E-state index < -0.39 is 6.09 Å². The average Bonchev–Trinajstić information content (AvgIpc) is 3.57. The molecule has 1 unspecified atom stereocenters. The van der Waals surface area contributed by atoms with Crippen molar-refractivity contribution in [1.29, 1.82) is 0 Å². The number of fused-ring (bicyclic) bond motifs is 2. The number of aromatic amines is 2. The topological polar surface area (TPSA) is 83.2 Å². The highest BCUT2D eigenvalue weighted by Gasteiger charge is 2.38. The summed E-state index contributed by atoms with van der Waals surface area (Å²) in [4.78, 5) is 17.8. The van der Waals surface area contributed by atoms with Crippen molar-refractivity contribution in [3.05, 3.63) is 107 Å². The molecule has 6 rings (SSSR count). The second kappa shape index (κ2) is 10.7. The molecule has 7 nitrogen and oxygen atoms in total. The molecule has 0 saturated carbocycles. The number of carbonyl (C=O) groups is 1. The van der Waals surface area contributed by atoms with Gasteiger partial charge in [-0.1, -0.05) is 80.6 Å². The van der Waals surface area contributed by atoms with Crippen LogP contribution in [0.1, 0.15) is 36.2 Å². The van der Waals surface area contributed by atoms with Crippen LogP contribution < -0.4 is 4.90 Å². The molecule has 1 amide bonds. The molecule has 0 radical (unpaired) electrons. The van der Waals surface area contributed by atoms with E-state index in [1.165, 1.54) is 21.7 Å². The lowest BCUT2D eigenvalue weighted by Crippen LogP contribution is -2.39. The van der Waals surface area contributed by atoms with Crippen molar-refractivity contribution in [2.75, 3.05) is 11.9 Å². The first kappa shape index (κ1) is 25.9. The second-order valence-electron chi connectivity index (χ2n) is 11.2. The minimum Gasteiger partial charge on any atom is -0.444 e. The number of hydrogen-bond donors (Lipinski definition) is 2. The highest BCUT2D eigenvalue weighted by atomic mass is 16.6. The molecule has 2 heterocycles. The second-order valence-corrected chi connectivity index (χ2v) is 11.2. The SMILES string of the molecule is CN(C(=O)OCc1ccccc1)c1ccc2cc(-c3n[nH]c4c3CC(OCc3ccccc3)C(C)(C)C4)[nH]c2c1. The predicted molar refractivity (Wildman–Crippen MR) is 157 cm³/mol. The number of nitrogens with zero attached hydrogens (tertiary/aromatic N) is 2. The fourth-order valence-electron chi connectivity index (χ4n) is 5.45. The number of amides is 1. The van der Waals surface area contributed by atoms with E-state index in [9.17, 15) is 4.79 Å². The first-order chi connectivity index (χ1) is 19.4. The maximum Gasteiger partial charge on any atom is 0.414 e. The summed E-state index contributed by atoms with van der Waals surface area (Å²) in [6.07, 6.45) is 1.33. The Morgan fingerprint density at radius 3 is 2.40 bits per heavy atom. The lowest BCUT2D eigenvalue weighted by molar-refractivity contribution is -0.0407. The van der Waals surface area contributed by atoms with Crippen molar-refractivity contribution < 1.29 is 14.3 Å². The zero-order chi connectivity index (χ0) is 27.7. The van der Waals surface area contributed by atoms with Crippen molar-refractivity contribution in [2.24, 2.45) is 5.41 Å². The molecule has 2 N–H and O–H groups in total. The molecule has 40 heavy (non-hydrogen) atoms. The van der Waals surface area contributed by atoms with Gasteiger partial charge in [-0.3, -0.25) is 10.00 Å². The molecule has 1 aliphatic carbocycles. The molecular formula is C33H34N4O3. The van der Waals surface area contributed by atoms with E-state index in [4.69, 9.17) is 14.6 Å². The van der Waals surface area contributed by atoms with Crippen LogP contribution in [0.25, 0.3) is 22.3 Å². The number of carbonyl (C=O) groups excluding carboxylic acids is 1. The van der Waals surface area contributed by atoms with Gasteiger partial charge in [-0.25, -0.2) is 4.79 Å². The van der Waals surface area contributed by atoms with E-state index >= 15 is 0 Å². The van der Waals surface area contributed by atoms with Gasteiger partial charge in [-0.2, -0.15) is 5.10 Å². The number of H-pyrrole nitrogens is 2. The fraction of sp³-hybridized carbons (Fsp3) is 0.273. The number of anilines is 1. The van der Waals surface area contributed by atoms with Gasteiger partial charge >= 0.3 is 6.09 Å². The normalized spacial score (nSPS) is 16.0. The summed E-state index contributed by atoms with van der Waals surface area (Å²) in [5.41, 5.74) is 8.03. The van der Waals surface area contributed by atoms with Crippen LogP contribution >= 0.6 is 0 Å². The van der Waals surface area contributed by atoms with E-state index in [1.807, 2.05) is 66.7 Å². The van der Waals surface area contributed by atoms with Crippen LogP contribution in [0.4, 0.5) is 10.5 Å². The molecule has 2 aromatic heterocycles. The van der Waals surface area contributed by atoms with Crippen molar-refractivity contribution in [3.63, 3.8) is 0 Å². The summed E-state index contributed by atoms with van der Waals surface area (Å²) in [6, 6.07) is 28.0. The van der Waals surface area contributed by atoms with Crippen molar-refractivity contribution >= 4 is 22.7 Å². The number of rotatable bonds is 7. The van der Waals surface area contributed by atoms with Crippen LogP contribution in [0, 0.1) is 5.41 Å². The zero-order valence-electron chi connectivity index (χ0n) is 23.1. The largest absolute Gasteiger partial charge is 0.444 e. The van der Waals surface area contributed by atoms with Gasteiger partial charge in [0.15, 0.2) is 0 Å². The molecule has 0 aliphatic heterocycles. The number of nitrogens with one attached hydrogen (secondary N) is 2. The van der Waals surface area contributed by atoms with Crippen LogP contribution in [-0.2, 0) is 35.5 Å². The summed E-state index contributed by atoms with van der Waals surface area (Å²) in [5, 5.41) is 9.07. The summed E-state index contributed by atoms with van der Waals surface area (Å²) >= 11 is 0. The van der Waals surface area contributed by atoms with E-state index in [-0.39, 0.29) is 18.1 Å². The van der Waals surface area contributed by atoms with Crippen LogP contribution in [0.2, 0.25) is 0 Å². The molecular weight excluding hydrogens is 500 g/mol. The summed E-state index contributed by atoms with van der Waals surface area (Å²) in [5.74, 6) is 0. The molecule has 1 atom stereocenters. The molecule has 7 heteroatoms. The third kappa shape index (κ3) is 5.25. The standard InChI is InChI=1S/C33H34N4O3/c1-33(2)19-29-26(18-30(33)39-20-22-10-6-4-7-11-22)31(36-35-29)28-16-24-14-15-25(17-27(24)34-28)37(3)32(38)40-21-23-12-8-5-9-13-23/h4-17,30,34H,18-21H2,1-3H3,(H,35,36). The first-order valence-corrected chi connectivity index (χ1v) is 13.7. The maximum absolute atomic E-state index is 12.7. The Hall–Kier alpha value is -4.36. The van der Waals surface area contributed by atoms with Crippen molar-refractivity contribution in [3.8, 4) is 11.4 Å². The van der Waals surface area contributed by atoms with Gasteiger partial charge in [0.25, 0.3) is 0 Å². The van der Waals surface area contributed by atoms with Gasteiger partial charge in [0.1, 0.15) is 12.3 Å². The minimum absolute atomic E-state index is 0.0133. The van der Waals surface area contributed by atoms with Crippen LogP contribution in [0.15, 0.2) is 84.9 Å². The molecule has 204 valence electrons. The monoisotopic (exact) mass is 534 g/mol. The highest BCUT2D eigenvalue weighted by Crippen LogP contribution is 2.40. The molecule has 0 fully saturated rings. The van der Waals surface area contributed by atoms with E-state index in [1.54, 1.807) is 7.05 Å². The molecule has 0 bridgehead atoms. The quantitative estimate of drug-likeness (QED) is 0.235. The Kier molecular flexibility index (Phi) is 6.90. The lowest BCUT2D eigenvalue weighted by Gasteiger charge is -2.38. The van der Waals surface area contributed by atoms with Gasteiger partial charge in [0.2, 0.25) is 0 Å². The Balaban J connectivity index is 1.20. The first-order valence-electron chi connectivity index (χ1n) is 13.7. The number of benzene rings is 3. The summed E-state index contributed by atoms with van der Waals surface area (Å²) < 4.78 is 12.0. The predicted octanol–water partition coefficient (Wildman–Crippen LogP) is 7.04. The van der Waals surface area contributed by atoms with E-state index in [2.05, 4.69) is 42.1 Å². The lowest BCUT2D eigenvalue weighted by atomic mass is 9.73. The Morgan fingerprint density at radius 1 is 0.975 bits per heavy atom. The van der Waals surface area contributed by atoms with E-state index in [0.717, 1.165) is 46.4 Å². The van der Waals surface area contributed by atoms with Crippen LogP contribution in [-0.4, -0.2) is 34.4 Å². The Bertz CT molecular complexity index is 1620. The van der Waals surface area contributed by atoms with Gasteiger partial charge in [-0.05, 0) is 41.2 Å².